The summed E-state index contributed by atoms with van der Waals surface area (Å²) < 4.78 is 25.4. The Bertz CT molecular complexity index is 1350. The summed E-state index contributed by atoms with van der Waals surface area (Å²) in [7, 11) is -2.13. The molecule has 9 heteroatoms. The molecule has 1 aromatic rings. The highest BCUT2D eigenvalue weighted by atomic mass is 28.4. The van der Waals surface area contributed by atoms with Gasteiger partial charge in [0, 0.05) is 30.1 Å². The molecule has 43 heavy (non-hydrogen) atoms. The Balaban J connectivity index is 1.82. The molecule has 4 aliphatic rings. The quantitative estimate of drug-likeness (QED) is 0.264. The second-order valence-electron chi connectivity index (χ2n) is 15.1. The van der Waals surface area contributed by atoms with Crippen molar-refractivity contribution in [3.8, 4) is 0 Å². The summed E-state index contributed by atoms with van der Waals surface area (Å²) >= 11 is 0. The third kappa shape index (κ3) is 4.68. The molecular weight excluding hydrogens is 564 g/mol. The van der Waals surface area contributed by atoms with Crippen LogP contribution in [0.25, 0.3) is 0 Å². The molecule has 1 aliphatic heterocycles. The maximum Gasteiger partial charge on any atom is 0.338 e. The highest BCUT2D eigenvalue weighted by molar-refractivity contribution is 6.69. The SMILES string of the molecule is CC(=O)O[C@@]12CO[C@@H]1C[C@H](C)[C@@]1(C)C(=O)[C@H](C)C3=C(C)[C@@H](O[Si](C)(C)C)C[C@@](O)([C@@H](OC(=O)c4ccccc4)[C@H]21)C3(C)C. The van der Waals surface area contributed by atoms with Crippen molar-refractivity contribution in [1.29, 1.82) is 0 Å². The maximum absolute atomic E-state index is 15.0. The molecule has 3 fully saturated rings. The summed E-state index contributed by atoms with van der Waals surface area (Å²) in [6.45, 7) is 19.4. The average Bonchev–Trinajstić information content (AvgIpc) is 2.90. The molecule has 3 aliphatic carbocycles. The lowest BCUT2D eigenvalue weighted by Crippen LogP contribution is -2.80. The highest BCUT2D eigenvalue weighted by Crippen LogP contribution is 2.66. The normalized spacial score (nSPS) is 40.3. The molecule has 0 aromatic heterocycles. The van der Waals surface area contributed by atoms with Crippen molar-refractivity contribution in [1.82, 2.24) is 0 Å². The number of carbonyl (C=O) groups excluding carboxylic acids is 3. The fourth-order valence-electron chi connectivity index (χ4n) is 8.99. The van der Waals surface area contributed by atoms with Crippen molar-refractivity contribution < 1.29 is 38.1 Å². The van der Waals surface area contributed by atoms with E-state index < -0.39 is 72.4 Å². The van der Waals surface area contributed by atoms with Gasteiger partial charge in [0.25, 0.3) is 0 Å². The largest absolute Gasteiger partial charge is 0.455 e. The van der Waals surface area contributed by atoms with Crippen LogP contribution in [-0.2, 0) is 28.2 Å². The molecule has 2 saturated carbocycles. The van der Waals surface area contributed by atoms with Crippen molar-refractivity contribution in [3.05, 3.63) is 47.0 Å². The van der Waals surface area contributed by atoms with Crippen molar-refractivity contribution in [2.45, 2.75) is 110 Å². The summed E-state index contributed by atoms with van der Waals surface area (Å²) in [5.74, 6) is -2.76. The average molecular weight is 613 g/mol. The van der Waals surface area contributed by atoms with Crippen LogP contribution in [0.15, 0.2) is 41.5 Å². The first-order valence-corrected chi connectivity index (χ1v) is 18.9. The van der Waals surface area contributed by atoms with E-state index in [-0.39, 0.29) is 24.7 Å². The number of carbonyl (C=O) groups is 3. The summed E-state index contributed by atoms with van der Waals surface area (Å²) in [5, 5.41) is 13.3. The van der Waals surface area contributed by atoms with Gasteiger partial charge in [-0.2, -0.15) is 0 Å². The topological polar surface area (TPSA) is 108 Å². The molecule has 0 amide bonds. The summed E-state index contributed by atoms with van der Waals surface area (Å²) in [4.78, 5) is 41.7. The van der Waals surface area contributed by atoms with E-state index >= 15 is 4.79 Å². The van der Waals surface area contributed by atoms with Crippen LogP contribution in [0.2, 0.25) is 19.6 Å². The standard InChI is InChI=1S/C34H48O8Si/c1-19-16-25-33(18-39-25,41-22(4)35)27-29(40-30(37)23-14-12-11-13-15-23)34(38)17-24(42-43(8,9)10)20(2)26(31(34,5)6)21(3)28(36)32(19,27)7/h11-15,19,21,24-25,27,29,38H,16-18H2,1-10H3/t19-,21+,24-,25+,27-,29-,32+,33-,34+/m0/s1. The fraction of sp³-hybridized carbons (Fsp3) is 0.676. The Hall–Kier alpha value is -2.33. The molecule has 0 radical (unpaired) electrons. The number of ketones is 1. The first-order chi connectivity index (χ1) is 19.8. The van der Waals surface area contributed by atoms with E-state index in [2.05, 4.69) is 19.6 Å². The number of esters is 2. The Morgan fingerprint density at radius 3 is 2.23 bits per heavy atom. The minimum Gasteiger partial charge on any atom is -0.455 e. The number of Topliss-reactive ketones (excluding diaryl/α,β-unsaturated/α-hetero) is 1. The first-order valence-electron chi connectivity index (χ1n) is 15.5. The molecule has 5 rings (SSSR count). The van der Waals surface area contributed by atoms with E-state index in [4.69, 9.17) is 18.6 Å². The molecule has 8 nitrogen and oxygen atoms in total. The number of rotatable bonds is 5. The van der Waals surface area contributed by atoms with Gasteiger partial charge in [-0.1, -0.05) is 52.8 Å². The monoisotopic (exact) mass is 612 g/mol. The number of fused-ring (bicyclic) bond motifs is 5. The van der Waals surface area contributed by atoms with Crippen LogP contribution in [0.3, 0.4) is 0 Å². The van der Waals surface area contributed by atoms with Gasteiger partial charge >= 0.3 is 11.9 Å². The van der Waals surface area contributed by atoms with E-state index in [1.807, 2.05) is 47.6 Å². The molecule has 1 N–H and O–H groups in total. The zero-order valence-electron chi connectivity index (χ0n) is 27.3. The lowest BCUT2D eigenvalue weighted by Gasteiger charge is -2.68. The minimum atomic E-state index is -2.13. The van der Waals surface area contributed by atoms with Gasteiger partial charge < -0.3 is 23.7 Å². The van der Waals surface area contributed by atoms with Crippen LogP contribution in [-0.4, -0.2) is 67.3 Å². The van der Waals surface area contributed by atoms with E-state index in [1.165, 1.54) is 6.92 Å². The molecule has 9 atom stereocenters. The predicted molar refractivity (Wildman–Crippen MR) is 164 cm³/mol. The van der Waals surface area contributed by atoms with Crippen molar-refractivity contribution >= 4 is 26.0 Å². The van der Waals surface area contributed by atoms with Crippen LogP contribution in [0.5, 0.6) is 0 Å². The van der Waals surface area contributed by atoms with E-state index in [0.29, 0.717) is 12.0 Å². The molecule has 1 heterocycles. The Morgan fingerprint density at radius 1 is 1.07 bits per heavy atom. The maximum atomic E-state index is 15.0. The lowest BCUT2D eigenvalue weighted by atomic mass is 9.42. The lowest BCUT2D eigenvalue weighted by molar-refractivity contribution is -0.339. The van der Waals surface area contributed by atoms with Crippen LogP contribution < -0.4 is 0 Å². The second-order valence-corrected chi connectivity index (χ2v) is 19.6. The van der Waals surface area contributed by atoms with Crippen molar-refractivity contribution in [2.75, 3.05) is 6.61 Å². The van der Waals surface area contributed by atoms with Crippen LogP contribution in [0.4, 0.5) is 0 Å². The zero-order chi connectivity index (χ0) is 31.9. The predicted octanol–water partition coefficient (Wildman–Crippen LogP) is 5.49. The third-order valence-corrected chi connectivity index (χ3v) is 12.2. The number of benzene rings is 1. The molecule has 1 aromatic carbocycles. The molecule has 0 spiro atoms. The first kappa shape index (κ1) is 32.1. The Kier molecular flexibility index (Phi) is 7.73. The summed E-state index contributed by atoms with van der Waals surface area (Å²) in [5.41, 5.74) is -2.92. The molecule has 236 valence electrons. The van der Waals surface area contributed by atoms with Crippen molar-refractivity contribution in [3.63, 3.8) is 0 Å². The van der Waals surface area contributed by atoms with Crippen LogP contribution in [0.1, 0.15) is 71.7 Å². The summed E-state index contributed by atoms with van der Waals surface area (Å²) in [6, 6.07) is 8.66. The van der Waals surface area contributed by atoms with E-state index in [0.717, 1.165) is 11.1 Å². The smallest absolute Gasteiger partial charge is 0.338 e. The number of ether oxygens (including phenoxy) is 3. The fourth-order valence-corrected chi connectivity index (χ4v) is 10.1. The van der Waals surface area contributed by atoms with Gasteiger partial charge in [0.05, 0.1) is 24.2 Å². The van der Waals surface area contributed by atoms with Gasteiger partial charge in [-0.3, -0.25) is 9.59 Å². The van der Waals surface area contributed by atoms with Gasteiger partial charge in [0.15, 0.2) is 13.9 Å². The van der Waals surface area contributed by atoms with E-state index in [1.54, 1.807) is 24.3 Å². The third-order valence-electron chi connectivity index (χ3n) is 11.2. The Morgan fingerprint density at radius 2 is 1.70 bits per heavy atom. The van der Waals surface area contributed by atoms with Gasteiger partial charge in [-0.05, 0) is 62.2 Å². The van der Waals surface area contributed by atoms with Gasteiger partial charge in [-0.25, -0.2) is 4.79 Å². The van der Waals surface area contributed by atoms with Gasteiger partial charge in [-0.15, -0.1) is 0 Å². The second kappa shape index (κ2) is 10.4. The molecular formula is C34H48O8Si. The number of hydrogen-bond acceptors (Lipinski definition) is 8. The minimum absolute atomic E-state index is 0.0132. The Labute approximate surface area is 256 Å². The number of hydrogen-bond donors (Lipinski definition) is 1. The molecule has 2 bridgehead atoms. The number of aliphatic hydroxyl groups is 1. The van der Waals surface area contributed by atoms with Crippen LogP contribution >= 0.6 is 0 Å². The van der Waals surface area contributed by atoms with Gasteiger partial charge in [0.2, 0.25) is 0 Å². The van der Waals surface area contributed by atoms with Crippen LogP contribution in [0, 0.1) is 28.6 Å². The molecule has 0 unspecified atom stereocenters. The summed E-state index contributed by atoms with van der Waals surface area (Å²) in [6.07, 6.45) is -1.53. The highest BCUT2D eigenvalue weighted by Gasteiger charge is 2.76. The van der Waals surface area contributed by atoms with Gasteiger partial charge in [0.1, 0.15) is 23.6 Å². The zero-order valence-corrected chi connectivity index (χ0v) is 28.3. The van der Waals surface area contributed by atoms with Crippen molar-refractivity contribution in [2.24, 2.45) is 28.6 Å². The molecule has 1 saturated heterocycles. The van der Waals surface area contributed by atoms with E-state index in [9.17, 15) is 14.7 Å².